The summed E-state index contributed by atoms with van der Waals surface area (Å²) in [7, 11) is 1.71. The fraction of sp³-hybridized carbons (Fsp3) is 0.500. The van der Waals surface area contributed by atoms with Crippen LogP contribution < -0.4 is 10.1 Å². The van der Waals surface area contributed by atoms with Gasteiger partial charge in [-0.3, -0.25) is 0 Å². The minimum absolute atomic E-state index is 0.632. The van der Waals surface area contributed by atoms with Crippen LogP contribution in [0.3, 0.4) is 0 Å². The molecule has 1 rings (SSSR count). The van der Waals surface area contributed by atoms with Gasteiger partial charge < -0.3 is 14.8 Å². The third kappa shape index (κ3) is 6.27. The van der Waals surface area contributed by atoms with E-state index in [1.807, 2.05) is 18.2 Å². The fourth-order valence-electron chi connectivity index (χ4n) is 1.29. The van der Waals surface area contributed by atoms with Gasteiger partial charge in [0.1, 0.15) is 12.4 Å². The van der Waals surface area contributed by atoms with Gasteiger partial charge in [-0.1, -0.05) is 11.6 Å². The zero-order valence-corrected chi connectivity index (χ0v) is 12.2. The summed E-state index contributed by atoms with van der Waals surface area (Å²) in [4.78, 5) is 0. The Labute approximate surface area is 116 Å². The summed E-state index contributed by atoms with van der Waals surface area (Å²) in [5.74, 6) is 0.813. The highest BCUT2D eigenvalue weighted by Crippen LogP contribution is 2.27. The molecule has 0 spiro atoms. The van der Waals surface area contributed by atoms with Gasteiger partial charge in [-0.05, 0) is 47.1 Å². The van der Waals surface area contributed by atoms with Crippen LogP contribution in [0.5, 0.6) is 5.75 Å². The molecule has 0 amide bonds. The summed E-state index contributed by atoms with van der Waals surface area (Å²) < 4.78 is 11.4. The van der Waals surface area contributed by atoms with Gasteiger partial charge in [-0.25, -0.2) is 0 Å². The summed E-state index contributed by atoms with van der Waals surface area (Å²) in [5.41, 5.74) is 0. The molecule has 5 heteroatoms. The maximum absolute atomic E-state index is 5.84. The minimum Gasteiger partial charge on any atom is -0.491 e. The van der Waals surface area contributed by atoms with Crippen molar-refractivity contribution < 1.29 is 9.47 Å². The van der Waals surface area contributed by atoms with Gasteiger partial charge >= 0.3 is 0 Å². The summed E-state index contributed by atoms with van der Waals surface area (Å²) in [6.07, 6.45) is 1.02. The zero-order valence-electron chi connectivity index (χ0n) is 9.84. The third-order valence-corrected chi connectivity index (χ3v) is 2.99. The van der Waals surface area contributed by atoms with Crippen molar-refractivity contribution in [1.82, 2.24) is 5.32 Å². The average molecular weight is 323 g/mol. The summed E-state index contributed by atoms with van der Waals surface area (Å²) >= 11 is 9.24. The van der Waals surface area contributed by atoms with Crippen LogP contribution in [0.25, 0.3) is 0 Å². The molecule has 0 aliphatic carbocycles. The lowest BCUT2D eigenvalue weighted by Gasteiger charge is -2.09. The Morgan fingerprint density at radius 2 is 2.12 bits per heavy atom. The molecule has 1 N–H and O–H groups in total. The molecule has 0 saturated heterocycles. The molecule has 0 bridgehead atoms. The molecule has 0 unspecified atom stereocenters. The number of methoxy groups -OCH3 is 1. The van der Waals surface area contributed by atoms with E-state index in [4.69, 9.17) is 21.1 Å². The van der Waals surface area contributed by atoms with Crippen molar-refractivity contribution in [1.29, 1.82) is 0 Å². The molecule has 0 atom stereocenters. The second-order valence-electron chi connectivity index (χ2n) is 3.52. The van der Waals surface area contributed by atoms with Crippen LogP contribution in [0.1, 0.15) is 6.42 Å². The van der Waals surface area contributed by atoms with Crippen LogP contribution >= 0.6 is 27.5 Å². The number of nitrogens with one attached hydrogen (secondary N) is 1. The average Bonchev–Trinajstić information content (AvgIpc) is 2.30. The SMILES string of the molecule is COCCCNCCOc1ccc(Cl)cc1Br. The van der Waals surface area contributed by atoms with Crippen molar-refractivity contribution in [3.63, 3.8) is 0 Å². The molecule has 0 aliphatic heterocycles. The Morgan fingerprint density at radius 3 is 2.82 bits per heavy atom. The highest BCUT2D eigenvalue weighted by atomic mass is 79.9. The van der Waals surface area contributed by atoms with Gasteiger partial charge in [0.2, 0.25) is 0 Å². The molecule has 0 fully saturated rings. The highest BCUT2D eigenvalue weighted by Gasteiger charge is 2.01. The normalized spacial score (nSPS) is 10.5. The van der Waals surface area contributed by atoms with E-state index in [9.17, 15) is 0 Å². The maximum Gasteiger partial charge on any atom is 0.133 e. The second-order valence-corrected chi connectivity index (χ2v) is 4.81. The van der Waals surface area contributed by atoms with Crippen molar-refractivity contribution in [2.75, 3.05) is 33.4 Å². The molecule has 3 nitrogen and oxygen atoms in total. The third-order valence-electron chi connectivity index (χ3n) is 2.13. The molecule has 1 aromatic rings. The molecule has 17 heavy (non-hydrogen) atoms. The summed E-state index contributed by atoms with van der Waals surface area (Å²) in [6, 6.07) is 5.49. The van der Waals surface area contributed by atoms with Crippen LogP contribution in [-0.2, 0) is 4.74 Å². The van der Waals surface area contributed by atoms with Gasteiger partial charge in [0.25, 0.3) is 0 Å². The first kappa shape index (κ1) is 14.8. The molecule has 0 aromatic heterocycles. The number of rotatable bonds is 8. The number of ether oxygens (including phenoxy) is 2. The van der Waals surface area contributed by atoms with Crippen LogP contribution in [-0.4, -0.2) is 33.4 Å². The van der Waals surface area contributed by atoms with E-state index >= 15 is 0 Å². The molecule has 1 aromatic carbocycles. The van der Waals surface area contributed by atoms with Crippen molar-refractivity contribution in [3.05, 3.63) is 27.7 Å². The zero-order chi connectivity index (χ0) is 12.5. The Balaban J connectivity index is 2.14. The van der Waals surface area contributed by atoms with Crippen molar-refractivity contribution in [2.45, 2.75) is 6.42 Å². The molecule has 0 aliphatic rings. The van der Waals surface area contributed by atoms with Gasteiger partial charge in [0, 0.05) is 25.3 Å². The lowest BCUT2D eigenvalue weighted by Crippen LogP contribution is -2.22. The van der Waals surface area contributed by atoms with Crippen molar-refractivity contribution in [2.24, 2.45) is 0 Å². The first-order chi connectivity index (χ1) is 8.24. The lowest BCUT2D eigenvalue weighted by molar-refractivity contribution is 0.193. The van der Waals surface area contributed by atoms with E-state index in [0.29, 0.717) is 11.6 Å². The Kier molecular flexibility index (Phi) is 7.60. The minimum atomic E-state index is 0.632. The maximum atomic E-state index is 5.84. The second kappa shape index (κ2) is 8.75. The molecule has 0 saturated carbocycles. The Hall–Kier alpha value is -0.290. The molecular weight excluding hydrogens is 305 g/mol. The van der Waals surface area contributed by atoms with Crippen LogP contribution in [0, 0.1) is 0 Å². The predicted molar refractivity (Wildman–Crippen MR) is 74.0 cm³/mol. The van der Waals surface area contributed by atoms with Gasteiger partial charge in [0.05, 0.1) is 4.47 Å². The van der Waals surface area contributed by atoms with E-state index in [-0.39, 0.29) is 0 Å². The summed E-state index contributed by atoms with van der Waals surface area (Å²) in [6.45, 7) is 3.18. The number of benzene rings is 1. The Bertz CT molecular complexity index is 336. The number of hydrogen-bond donors (Lipinski definition) is 1. The van der Waals surface area contributed by atoms with E-state index < -0.39 is 0 Å². The number of hydrogen-bond acceptors (Lipinski definition) is 3. The standard InChI is InChI=1S/C12H17BrClNO2/c1-16-7-2-5-15-6-8-17-12-4-3-10(14)9-11(12)13/h3-4,9,15H,2,5-8H2,1H3. The van der Waals surface area contributed by atoms with E-state index in [2.05, 4.69) is 21.2 Å². The first-order valence-electron chi connectivity index (χ1n) is 5.51. The Morgan fingerprint density at radius 1 is 1.29 bits per heavy atom. The van der Waals surface area contributed by atoms with Gasteiger partial charge in [0.15, 0.2) is 0 Å². The van der Waals surface area contributed by atoms with E-state index in [1.54, 1.807) is 7.11 Å². The predicted octanol–water partition coefficient (Wildman–Crippen LogP) is 3.11. The quantitative estimate of drug-likeness (QED) is 0.746. The van der Waals surface area contributed by atoms with Crippen molar-refractivity contribution in [3.8, 4) is 5.75 Å². The lowest BCUT2D eigenvalue weighted by atomic mass is 10.3. The largest absolute Gasteiger partial charge is 0.491 e. The number of halogens is 2. The van der Waals surface area contributed by atoms with Gasteiger partial charge in [-0.15, -0.1) is 0 Å². The monoisotopic (exact) mass is 321 g/mol. The first-order valence-corrected chi connectivity index (χ1v) is 6.68. The van der Waals surface area contributed by atoms with Gasteiger partial charge in [-0.2, -0.15) is 0 Å². The molecule has 0 heterocycles. The smallest absolute Gasteiger partial charge is 0.133 e. The van der Waals surface area contributed by atoms with Crippen LogP contribution in [0.2, 0.25) is 5.02 Å². The van der Waals surface area contributed by atoms with Crippen LogP contribution in [0.4, 0.5) is 0 Å². The summed E-state index contributed by atoms with van der Waals surface area (Å²) in [5, 5.41) is 3.97. The molecule has 96 valence electrons. The van der Waals surface area contributed by atoms with Crippen LogP contribution in [0.15, 0.2) is 22.7 Å². The van der Waals surface area contributed by atoms with Crippen molar-refractivity contribution >= 4 is 27.5 Å². The molecular formula is C12H17BrClNO2. The van der Waals surface area contributed by atoms with E-state index in [1.165, 1.54) is 0 Å². The fourth-order valence-corrected chi connectivity index (χ4v) is 2.09. The highest BCUT2D eigenvalue weighted by molar-refractivity contribution is 9.10. The van der Waals surface area contributed by atoms with E-state index in [0.717, 1.165) is 36.3 Å². The molecule has 0 radical (unpaired) electrons. The topological polar surface area (TPSA) is 30.5 Å².